The Morgan fingerprint density at radius 2 is 1.85 bits per heavy atom. The molecule has 1 aromatic heterocycles. The van der Waals surface area contributed by atoms with Gasteiger partial charge in [-0.2, -0.15) is 4.31 Å². The first kappa shape index (κ1) is 19.5. The van der Waals surface area contributed by atoms with Crippen molar-refractivity contribution in [1.29, 1.82) is 0 Å². The van der Waals surface area contributed by atoms with Crippen LogP contribution in [0.25, 0.3) is 0 Å². The summed E-state index contributed by atoms with van der Waals surface area (Å²) >= 11 is 0. The number of pyridine rings is 1. The number of aryl methyl sites for hydroxylation is 1. The minimum Gasteiger partial charge on any atom is -0.379 e. The molecule has 1 aromatic carbocycles. The van der Waals surface area contributed by atoms with Crippen molar-refractivity contribution < 1.29 is 17.9 Å². The number of amides is 1. The third-order valence-corrected chi connectivity index (χ3v) is 6.30. The number of nitrogens with one attached hydrogen (secondary N) is 1. The van der Waals surface area contributed by atoms with Gasteiger partial charge in [-0.25, -0.2) is 8.42 Å². The van der Waals surface area contributed by atoms with E-state index in [9.17, 15) is 13.2 Å². The zero-order valence-electron chi connectivity index (χ0n) is 15.0. The number of benzene rings is 1. The summed E-state index contributed by atoms with van der Waals surface area (Å²) in [6.07, 6.45) is 4.30. The fourth-order valence-corrected chi connectivity index (χ4v) is 4.22. The first-order valence-corrected chi connectivity index (χ1v) is 10.3. The van der Waals surface area contributed by atoms with Crippen molar-refractivity contribution in [3.8, 4) is 0 Å². The summed E-state index contributed by atoms with van der Waals surface area (Å²) in [5, 5.41) is 2.85. The number of morpholine rings is 1. The van der Waals surface area contributed by atoms with E-state index < -0.39 is 10.0 Å². The average molecular weight is 389 g/mol. The lowest BCUT2D eigenvalue weighted by atomic mass is 10.1. The number of rotatable bonds is 7. The van der Waals surface area contributed by atoms with Crippen LogP contribution in [0.3, 0.4) is 0 Å². The van der Waals surface area contributed by atoms with Gasteiger partial charge in [0.05, 0.1) is 18.1 Å². The quantitative estimate of drug-likeness (QED) is 0.772. The Morgan fingerprint density at radius 1 is 1.11 bits per heavy atom. The summed E-state index contributed by atoms with van der Waals surface area (Å²) < 4.78 is 31.8. The van der Waals surface area contributed by atoms with Crippen molar-refractivity contribution in [3.05, 3.63) is 59.9 Å². The van der Waals surface area contributed by atoms with Crippen molar-refractivity contribution in [2.45, 2.75) is 24.3 Å². The molecule has 1 fully saturated rings. The standard InChI is InChI=1S/C19H23N3O4S/c23-19(21-15-17-2-1-9-20-14-17)8-5-16-3-6-18(7-4-16)27(24,25)22-10-12-26-13-11-22/h1-4,6-7,9,14H,5,8,10-13,15H2,(H,21,23). The Morgan fingerprint density at radius 3 is 2.52 bits per heavy atom. The Balaban J connectivity index is 1.50. The summed E-state index contributed by atoms with van der Waals surface area (Å²) in [4.78, 5) is 16.3. The molecule has 0 spiro atoms. The van der Waals surface area contributed by atoms with Gasteiger partial charge in [0.15, 0.2) is 0 Å². The van der Waals surface area contributed by atoms with Crippen LogP contribution in [0.2, 0.25) is 0 Å². The molecule has 27 heavy (non-hydrogen) atoms. The van der Waals surface area contributed by atoms with Gasteiger partial charge in [-0.1, -0.05) is 18.2 Å². The number of carbonyl (C=O) groups is 1. The van der Waals surface area contributed by atoms with E-state index in [0.29, 0.717) is 45.7 Å². The Kier molecular flexibility index (Phi) is 6.54. The normalized spacial score (nSPS) is 15.4. The number of hydrogen-bond acceptors (Lipinski definition) is 5. The third-order valence-electron chi connectivity index (χ3n) is 4.38. The maximum absolute atomic E-state index is 12.6. The van der Waals surface area contributed by atoms with E-state index >= 15 is 0 Å². The molecule has 0 unspecified atom stereocenters. The Bertz CT molecular complexity index is 848. The van der Waals surface area contributed by atoms with Crippen LogP contribution in [0.1, 0.15) is 17.5 Å². The minimum atomic E-state index is -3.48. The van der Waals surface area contributed by atoms with Gasteiger partial charge < -0.3 is 10.1 Å². The molecule has 1 saturated heterocycles. The predicted octanol–water partition coefficient (Wildman–Crippen LogP) is 1.35. The molecule has 0 radical (unpaired) electrons. The highest BCUT2D eigenvalue weighted by Gasteiger charge is 2.26. The molecule has 0 bridgehead atoms. The number of aromatic nitrogens is 1. The lowest BCUT2D eigenvalue weighted by molar-refractivity contribution is -0.121. The molecule has 7 nitrogen and oxygen atoms in total. The zero-order valence-corrected chi connectivity index (χ0v) is 15.8. The van der Waals surface area contributed by atoms with Crippen LogP contribution >= 0.6 is 0 Å². The summed E-state index contributed by atoms with van der Waals surface area (Å²) in [7, 11) is -3.48. The molecule has 0 atom stereocenters. The van der Waals surface area contributed by atoms with Crippen LogP contribution in [-0.2, 0) is 32.5 Å². The minimum absolute atomic E-state index is 0.0520. The van der Waals surface area contributed by atoms with Gasteiger partial charge in [0, 0.05) is 38.4 Å². The number of ether oxygens (including phenoxy) is 1. The maximum atomic E-state index is 12.6. The van der Waals surface area contributed by atoms with E-state index in [-0.39, 0.29) is 10.8 Å². The largest absolute Gasteiger partial charge is 0.379 e. The van der Waals surface area contributed by atoms with E-state index in [1.807, 2.05) is 12.1 Å². The highest BCUT2D eigenvalue weighted by atomic mass is 32.2. The van der Waals surface area contributed by atoms with Crippen molar-refractivity contribution in [2.24, 2.45) is 0 Å². The zero-order chi connectivity index (χ0) is 19.1. The van der Waals surface area contributed by atoms with Crippen molar-refractivity contribution in [2.75, 3.05) is 26.3 Å². The van der Waals surface area contributed by atoms with Gasteiger partial charge in [-0.3, -0.25) is 9.78 Å². The first-order chi connectivity index (χ1) is 13.1. The van der Waals surface area contributed by atoms with Gasteiger partial charge in [0.25, 0.3) is 0 Å². The van der Waals surface area contributed by atoms with Crippen LogP contribution in [0.15, 0.2) is 53.7 Å². The van der Waals surface area contributed by atoms with Crippen LogP contribution in [0, 0.1) is 0 Å². The molecule has 144 valence electrons. The molecule has 1 amide bonds. The van der Waals surface area contributed by atoms with Crippen molar-refractivity contribution in [3.63, 3.8) is 0 Å². The second-order valence-corrected chi connectivity index (χ2v) is 8.24. The molecule has 0 aliphatic carbocycles. The lowest BCUT2D eigenvalue weighted by Crippen LogP contribution is -2.40. The fraction of sp³-hybridized carbons (Fsp3) is 0.368. The Hall–Kier alpha value is -2.29. The van der Waals surface area contributed by atoms with Crippen molar-refractivity contribution >= 4 is 15.9 Å². The highest BCUT2D eigenvalue weighted by molar-refractivity contribution is 7.89. The second kappa shape index (κ2) is 9.07. The summed E-state index contributed by atoms with van der Waals surface area (Å²) in [6, 6.07) is 10.5. The molecule has 8 heteroatoms. The number of carbonyl (C=O) groups excluding carboxylic acids is 1. The lowest BCUT2D eigenvalue weighted by Gasteiger charge is -2.26. The van der Waals surface area contributed by atoms with Gasteiger partial charge >= 0.3 is 0 Å². The van der Waals surface area contributed by atoms with E-state index in [2.05, 4.69) is 10.3 Å². The molecular weight excluding hydrogens is 366 g/mol. The second-order valence-electron chi connectivity index (χ2n) is 6.30. The van der Waals surface area contributed by atoms with Gasteiger partial charge in [0.2, 0.25) is 15.9 Å². The van der Waals surface area contributed by atoms with Gasteiger partial charge in [-0.15, -0.1) is 0 Å². The SMILES string of the molecule is O=C(CCc1ccc(S(=O)(=O)N2CCOCC2)cc1)NCc1cccnc1. The predicted molar refractivity (Wildman–Crippen MR) is 100 cm³/mol. The smallest absolute Gasteiger partial charge is 0.243 e. The third kappa shape index (κ3) is 5.35. The Labute approximate surface area is 159 Å². The summed E-state index contributed by atoms with van der Waals surface area (Å²) in [5.74, 6) is -0.0520. The van der Waals surface area contributed by atoms with E-state index in [0.717, 1.165) is 11.1 Å². The average Bonchev–Trinajstić information content (AvgIpc) is 2.72. The molecule has 0 saturated carbocycles. The van der Waals surface area contributed by atoms with E-state index in [1.54, 1.807) is 36.7 Å². The summed E-state index contributed by atoms with van der Waals surface area (Å²) in [5.41, 5.74) is 1.87. The summed E-state index contributed by atoms with van der Waals surface area (Å²) in [6.45, 7) is 2.04. The molecule has 1 N–H and O–H groups in total. The number of sulfonamides is 1. The fourth-order valence-electron chi connectivity index (χ4n) is 2.81. The molecule has 2 aromatic rings. The van der Waals surface area contributed by atoms with Gasteiger partial charge in [0.1, 0.15) is 0 Å². The van der Waals surface area contributed by atoms with Crippen molar-refractivity contribution in [1.82, 2.24) is 14.6 Å². The highest BCUT2D eigenvalue weighted by Crippen LogP contribution is 2.18. The molecule has 1 aliphatic heterocycles. The van der Waals surface area contributed by atoms with E-state index in [1.165, 1.54) is 4.31 Å². The molecule has 2 heterocycles. The molecular formula is C19H23N3O4S. The first-order valence-electron chi connectivity index (χ1n) is 8.88. The monoisotopic (exact) mass is 389 g/mol. The van der Waals surface area contributed by atoms with Crippen LogP contribution < -0.4 is 5.32 Å². The van der Waals surface area contributed by atoms with Crippen LogP contribution in [0.4, 0.5) is 0 Å². The number of nitrogens with zero attached hydrogens (tertiary/aromatic N) is 2. The molecule has 1 aliphatic rings. The van der Waals surface area contributed by atoms with E-state index in [4.69, 9.17) is 4.74 Å². The number of hydrogen-bond donors (Lipinski definition) is 1. The van der Waals surface area contributed by atoms with Crippen LogP contribution in [0.5, 0.6) is 0 Å². The van der Waals surface area contributed by atoms with Gasteiger partial charge in [-0.05, 0) is 35.7 Å². The molecule has 3 rings (SSSR count). The van der Waals surface area contributed by atoms with Crippen LogP contribution in [-0.4, -0.2) is 49.9 Å². The topological polar surface area (TPSA) is 88.6 Å². The maximum Gasteiger partial charge on any atom is 0.243 e.